The van der Waals surface area contributed by atoms with Crippen LogP contribution in [0, 0.1) is 0 Å². The van der Waals surface area contributed by atoms with Crippen LogP contribution in [0.2, 0.25) is 0 Å². The maximum absolute atomic E-state index is 12.6. The molecule has 0 atom stereocenters. The molecule has 0 unspecified atom stereocenters. The van der Waals surface area contributed by atoms with Crippen LogP contribution in [-0.2, 0) is 11.3 Å². The topological polar surface area (TPSA) is 96.0 Å². The van der Waals surface area contributed by atoms with Crippen molar-refractivity contribution in [2.45, 2.75) is 6.61 Å². The zero-order chi connectivity index (χ0) is 23.7. The standard InChI is InChI=1S/C27H18O7/c1-31-26(29)17-8-6-16(7-9-17)15-32-19-10-11-20-21(14-25(28)33-24(20)13-19)22-12-18-4-2-3-5-23(18)34-27(22)30/h2-14H,15H2,1H3. The molecule has 34 heavy (non-hydrogen) atoms. The Hall–Kier alpha value is -4.65. The fourth-order valence-corrected chi connectivity index (χ4v) is 3.73. The molecule has 7 heteroatoms. The van der Waals surface area contributed by atoms with Gasteiger partial charge in [0.25, 0.3) is 0 Å². The van der Waals surface area contributed by atoms with Crippen molar-refractivity contribution in [3.63, 3.8) is 0 Å². The fraction of sp³-hybridized carbons (Fsp3) is 0.0741. The molecule has 0 saturated carbocycles. The van der Waals surface area contributed by atoms with Crippen LogP contribution < -0.4 is 16.0 Å². The molecule has 0 radical (unpaired) electrons. The van der Waals surface area contributed by atoms with Crippen molar-refractivity contribution in [3.8, 4) is 16.9 Å². The van der Waals surface area contributed by atoms with E-state index in [1.807, 2.05) is 12.1 Å². The number of rotatable bonds is 5. The average Bonchev–Trinajstić information content (AvgIpc) is 2.86. The van der Waals surface area contributed by atoms with Gasteiger partial charge in [0.15, 0.2) is 0 Å². The predicted molar refractivity (Wildman–Crippen MR) is 126 cm³/mol. The number of hydrogen-bond donors (Lipinski definition) is 0. The van der Waals surface area contributed by atoms with Crippen molar-refractivity contribution in [1.82, 2.24) is 0 Å². The van der Waals surface area contributed by atoms with Crippen molar-refractivity contribution in [2.75, 3.05) is 7.11 Å². The maximum Gasteiger partial charge on any atom is 0.344 e. The minimum Gasteiger partial charge on any atom is -0.489 e. The van der Waals surface area contributed by atoms with Crippen molar-refractivity contribution in [3.05, 3.63) is 111 Å². The third-order valence-electron chi connectivity index (χ3n) is 5.43. The highest BCUT2D eigenvalue weighted by atomic mass is 16.5. The molecule has 0 saturated heterocycles. The van der Waals surface area contributed by atoms with Crippen LogP contribution in [-0.4, -0.2) is 13.1 Å². The van der Waals surface area contributed by atoms with Gasteiger partial charge in [-0.1, -0.05) is 30.3 Å². The van der Waals surface area contributed by atoms with Crippen LogP contribution in [0.1, 0.15) is 15.9 Å². The quantitative estimate of drug-likeness (QED) is 0.274. The summed E-state index contributed by atoms with van der Waals surface area (Å²) in [7, 11) is 1.33. The lowest BCUT2D eigenvalue weighted by molar-refractivity contribution is 0.0600. The Labute approximate surface area is 192 Å². The van der Waals surface area contributed by atoms with E-state index >= 15 is 0 Å². The molecule has 5 aromatic rings. The van der Waals surface area contributed by atoms with Crippen molar-refractivity contribution in [2.24, 2.45) is 0 Å². The van der Waals surface area contributed by atoms with Gasteiger partial charge in [-0.2, -0.15) is 0 Å². The van der Waals surface area contributed by atoms with Crippen LogP contribution in [0.4, 0.5) is 0 Å². The van der Waals surface area contributed by atoms with Crippen molar-refractivity contribution < 1.29 is 23.1 Å². The van der Waals surface area contributed by atoms with Crippen LogP contribution in [0.3, 0.4) is 0 Å². The number of benzene rings is 3. The van der Waals surface area contributed by atoms with Gasteiger partial charge in [0, 0.05) is 28.5 Å². The van der Waals surface area contributed by atoms with E-state index in [1.54, 1.807) is 60.7 Å². The van der Waals surface area contributed by atoms with Gasteiger partial charge in [-0.3, -0.25) is 0 Å². The van der Waals surface area contributed by atoms with E-state index in [4.69, 9.17) is 18.3 Å². The number of carbonyl (C=O) groups is 1. The Bertz CT molecular complexity index is 1640. The van der Waals surface area contributed by atoms with Gasteiger partial charge in [-0.05, 0) is 42.0 Å². The molecule has 0 spiro atoms. The average molecular weight is 454 g/mol. The lowest BCUT2D eigenvalue weighted by Crippen LogP contribution is -2.06. The molecule has 0 fully saturated rings. The summed E-state index contributed by atoms with van der Waals surface area (Å²) in [6, 6.07) is 22.1. The normalized spacial score (nSPS) is 11.0. The monoisotopic (exact) mass is 454 g/mol. The first-order valence-electron chi connectivity index (χ1n) is 10.4. The van der Waals surface area contributed by atoms with Crippen LogP contribution in [0.5, 0.6) is 5.75 Å². The summed E-state index contributed by atoms with van der Waals surface area (Å²) >= 11 is 0. The van der Waals surface area contributed by atoms with E-state index < -0.39 is 17.2 Å². The molecule has 7 nitrogen and oxygen atoms in total. The van der Waals surface area contributed by atoms with Crippen molar-refractivity contribution in [1.29, 1.82) is 0 Å². The van der Waals surface area contributed by atoms with Gasteiger partial charge in [0.05, 0.1) is 18.2 Å². The smallest absolute Gasteiger partial charge is 0.344 e. The Kier molecular flexibility index (Phi) is 5.43. The molecule has 168 valence electrons. The van der Waals surface area contributed by atoms with Gasteiger partial charge in [0.2, 0.25) is 0 Å². The minimum absolute atomic E-state index is 0.241. The van der Waals surface area contributed by atoms with Gasteiger partial charge in [-0.15, -0.1) is 0 Å². The fourth-order valence-electron chi connectivity index (χ4n) is 3.73. The predicted octanol–water partition coefficient (Wildman–Crippen LogP) is 4.93. The summed E-state index contributed by atoms with van der Waals surface area (Å²) in [5.74, 6) is 0.0728. The van der Waals surface area contributed by atoms with E-state index in [9.17, 15) is 14.4 Å². The number of esters is 1. The number of carbonyl (C=O) groups excluding carboxylic acids is 1. The molecule has 3 aromatic carbocycles. The SMILES string of the molecule is COC(=O)c1ccc(COc2ccc3c(-c4cc5ccccc5oc4=O)cc(=O)oc3c2)cc1. The second-order valence-corrected chi connectivity index (χ2v) is 7.60. The van der Waals surface area contributed by atoms with E-state index in [1.165, 1.54) is 13.2 Å². The Morgan fingerprint density at radius 1 is 0.824 bits per heavy atom. The molecule has 2 aromatic heterocycles. The van der Waals surface area contributed by atoms with E-state index in [0.29, 0.717) is 27.8 Å². The van der Waals surface area contributed by atoms with Gasteiger partial charge >= 0.3 is 17.2 Å². The molecule has 0 amide bonds. The molecule has 2 heterocycles. The number of ether oxygens (including phenoxy) is 2. The van der Waals surface area contributed by atoms with Crippen LogP contribution >= 0.6 is 0 Å². The van der Waals surface area contributed by atoms with E-state index in [0.717, 1.165) is 10.9 Å². The number of methoxy groups -OCH3 is 1. The summed E-state index contributed by atoms with van der Waals surface area (Å²) < 4.78 is 21.3. The first kappa shape index (κ1) is 21.2. The summed E-state index contributed by atoms with van der Waals surface area (Å²) in [4.78, 5) is 36.5. The summed E-state index contributed by atoms with van der Waals surface area (Å²) in [5, 5.41) is 1.33. The van der Waals surface area contributed by atoms with E-state index in [-0.39, 0.29) is 17.8 Å². The lowest BCUT2D eigenvalue weighted by atomic mass is 10.0. The van der Waals surface area contributed by atoms with Crippen molar-refractivity contribution >= 4 is 27.9 Å². The summed E-state index contributed by atoms with van der Waals surface area (Å²) in [6.45, 7) is 0.241. The Balaban J connectivity index is 1.47. The van der Waals surface area contributed by atoms with Crippen LogP contribution in [0.25, 0.3) is 33.1 Å². The van der Waals surface area contributed by atoms with E-state index in [2.05, 4.69) is 0 Å². The first-order chi connectivity index (χ1) is 16.5. The third kappa shape index (κ3) is 4.06. The molecule has 0 aliphatic carbocycles. The lowest BCUT2D eigenvalue weighted by Gasteiger charge is -2.09. The third-order valence-corrected chi connectivity index (χ3v) is 5.43. The highest BCUT2D eigenvalue weighted by molar-refractivity contribution is 5.95. The highest BCUT2D eigenvalue weighted by Gasteiger charge is 2.14. The molecule has 0 N–H and O–H groups in total. The maximum atomic E-state index is 12.6. The molecular formula is C27H18O7. The zero-order valence-electron chi connectivity index (χ0n) is 18.1. The highest BCUT2D eigenvalue weighted by Crippen LogP contribution is 2.30. The number of fused-ring (bicyclic) bond motifs is 2. The second-order valence-electron chi connectivity index (χ2n) is 7.60. The Morgan fingerprint density at radius 3 is 2.41 bits per heavy atom. The summed E-state index contributed by atoms with van der Waals surface area (Å²) in [6.07, 6.45) is 0. The molecule has 0 aliphatic heterocycles. The number of para-hydroxylation sites is 1. The molecule has 0 aliphatic rings. The van der Waals surface area contributed by atoms with Crippen LogP contribution in [0.15, 0.2) is 97.3 Å². The number of hydrogen-bond acceptors (Lipinski definition) is 7. The molecule has 0 bridgehead atoms. The Morgan fingerprint density at radius 2 is 1.62 bits per heavy atom. The van der Waals surface area contributed by atoms with Gasteiger partial charge in [-0.25, -0.2) is 14.4 Å². The first-order valence-corrected chi connectivity index (χ1v) is 10.4. The van der Waals surface area contributed by atoms with Gasteiger partial charge < -0.3 is 18.3 Å². The summed E-state index contributed by atoms with van der Waals surface area (Å²) in [5.41, 5.74) is 1.62. The molecular weight excluding hydrogens is 436 g/mol. The minimum atomic E-state index is -0.592. The zero-order valence-corrected chi connectivity index (χ0v) is 18.1. The largest absolute Gasteiger partial charge is 0.489 e. The van der Waals surface area contributed by atoms with Gasteiger partial charge in [0.1, 0.15) is 23.5 Å². The molecule has 5 rings (SSSR count). The second kappa shape index (κ2) is 8.71.